The average molecular weight is 364 g/mol. The Morgan fingerprint density at radius 3 is 2.25 bits per heavy atom. The first-order valence-corrected chi connectivity index (χ1v) is 9.16. The van der Waals surface area contributed by atoms with Crippen molar-refractivity contribution in [1.82, 2.24) is 0 Å². The monoisotopic (exact) mass is 364 g/mol. The van der Waals surface area contributed by atoms with Gasteiger partial charge < -0.3 is 8.92 Å². The van der Waals surface area contributed by atoms with Crippen LogP contribution in [0.1, 0.15) is 5.56 Å². The molecule has 0 N–H and O–H groups in total. The Bertz CT molecular complexity index is 825. The molecule has 0 amide bonds. The summed E-state index contributed by atoms with van der Waals surface area (Å²) >= 11 is 1.06. The molecule has 0 heterocycles. The first-order chi connectivity index (χ1) is 11.4. The summed E-state index contributed by atoms with van der Waals surface area (Å²) in [4.78, 5) is 12.6. The largest absolute Gasteiger partial charge is 0.465 e. The van der Waals surface area contributed by atoms with Crippen LogP contribution < -0.4 is 0 Å². The molecule has 2 aromatic rings. The van der Waals surface area contributed by atoms with Crippen LogP contribution in [0.4, 0.5) is 0 Å². The van der Waals surface area contributed by atoms with Crippen LogP contribution in [0.5, 0.6) is 0 Å². The topological polar surface area (TPSA) is 69.7 Å². The van der Waals surface area contributed by atoms with E-state index in [2.05, 4.69) is 4.74 Å². The van der Waals surface area contributed by atoms with Crippen LogP contribution in [-0.2, 0) is 23.8 Å². The normalized spacial score (nSPS) is 11.8. The van der Waals surface area contributed by atoms with E-state index in [0.717, 1.165) is 28.5 Å². The Labute approximate surface area is 145 Å². The highest BCUT2D eigenvalue weighted by molar-refractivity contribution is 8.04. The van der Waals surface area contributed by atoms with Crippen molar-refractivity contribution in [3.63, 3.8) is 0 Å². The van der Waals surface area contributed by atoms with Crippen LogP contribution in [0.2, 0.25) is 0 Å². The van der Waals surface area contributed by atoms with E-state index < -0.39 is 16.1 Å². The van der Waals surface area contributed by atoms with E-state index in [0.29, 0.717) is 0 Å². The smallest absolute Gasteiger partial charge is 0.347 e. The van der Waals surface area contributed by atoms with Gasteiger partial charge in [0, 0.05) is 4.90 Å². The van der Waals surface area contributed by atoms with Crippen molar-refractivity contribution in [3.8, 4) is 0 Å². The molecule has 0 saturated carbocycles. The van der Waals surface area contributed by atoms with Crippen molar-refractivity contribution in [2.45, 2.75) is 16.7 Å². The molecule has 24 heavy (non-hydrogen) atoms. The third-order valence-electron chi connectivity index (χ3n) is 2.95. The second-order valence-electron chi connectivity index (χ2n) is 4.75. The fourth-order valence-electron chi connectivity index (χ4n) is 1.70. The standard InChI is InChI=1S/C17H16O5S2/c1-13-8-10-15(11-9-13)24(19,20)22-12-16(17(18)21-2)23-14-6-4-3-5-7-14/h3-12H,1-2H3/b16-12+. The summed E-state index contributed by atoms with van der Waals surface area (Å²) in [6, 6.07) is 15.2. The molecule has 0 atom stereocenters. The molecule has 0 aromatic heterocycles. The van der Waals surface area contributed by atoms with Gasteiger partial charge in [-0.2, -0.15) is 8.42 Å². The zero-order chi connectivity index (χ0) is 17.6. The molecule has 5 nitrogen and oxygen atoms in total. The van der Waals surface area contributed by atoms with Crippen molar-refractivity contribution in [3.05, 3.63) is 71.3 Å². The Kier molecular flexibility index (Phi) is 6.05. The lowest BCUT2D eigenvalue weighted by molar-refractivity contribution is -0.135. The lowest BCUT2D eigenvalue weighted by Gasteiger charge is -2.07. The zero-order valence-electron chi connectivity index (χ0n) is 13.1. The first kappa shape index (κ1) is 18.1. The summed E-state index contributed by atoms with van der Waals surface area (Å²) in [6.45, 7) is 1.85. The summed E-state index contributed by atoms with van der Waals surface area (Å²) < 4.78 is 33.9. The number of esters is 1. The van der Waals surface area contributed by atoms with Gasteiger partial charge in [0.25, 0.3) is 0 Å². The number of aryl methyl sites for hydroxylation is 1. The summed E-state index contributed by atoms with van der Waals surface area (Å²) in [6.07, 6.45) is 0.901. The fourth-order valence-corrected chi connectivity index (χ4v) is 3.37. The summed E-state index contributed by atoms with van der Waals surface area (Å²) in [5.41, 5.74) is 0.930. The molecule has 0 aliphatic rings. The molecule has 0 spiro atoms. The minimum absolute atomic E-state index is 0.0123. The molecule has 2 aromatic carbocycles. The Morgan fingerprint density at radius 1 is 1.04 bits per heavy atom. The van der Waals surface area contributed by atoms with Crippen molar-refractivity contribution in [2.24, 2.45) is 0 Å². The van der Waals surface area contributed by atoms with Gasteiger partial charge in [-0.05, 0) is 31.2 Å². The van der Waals surface area contributed by atoms with Gasteiger partial charge >= 0.3 is 16.1 Å². The minimum Gasteiger partial charge on any atom is -0.465 e. The maximum atomic E-state index is 12.2. The fraction of sp³-hybridized carbons (Fsp3) is 0.118. The summed E-state index contributed by atoms with van der Waals surface area (Å²) in [5.74, 6) is -0.678. The van der Waals surface area contributed by atoms with Crippen LogP contribution in [0.25, 0.3) is 0 Å². The number of thioether (sulfide) groups is 1. The summed E-state index contributed by atoms with van der Waals surface area (Å²) in [7, 11) is -2.79. The predicted molar refractivity (Wildman–Crippen MR) is 91.8 cm³/mol. The van der Waals surface area contributed by atoms with E-state index >= 15 is 0 Å². The zero-order valence-corrected chi connectivity index (χ0v) is 14.8. The van der Waals surface area contributed by atoms with Crippen LogP contribution in [-0.4, -0.2) is 21.5 Å². The highest BCUT2D eigenvalue weighted by Gasteiger charge is 2.18. The van der Waals surface area contributed by atoms with Gasteiger partial charge in [0.1, 0.15) is 16.1 Å². The van der Waals surface area contributed by atoms with E-state index in [9.17, 15) is 13.2 Å². The highest BCUT2D eigenvalue weighted by Crippen LogP contribution is 2.28. The van der Waals surface area contributed by atoms with Gasteiger partial charge in [0.05, 0.1) is 7.11 Å². The maximum absolute atomic E-state index is 12.2. The number of hydrogen-bond acceptors (Lipinski definition) is 6. The van der Waals surface area contributed by atoms with Gasteiger partial charge in [-0.3, -0.25) is 0 Å². The van der Waals surface area contributed by atoms with Crippen LogP contribution in [0.3, 0.4) is 0 Å². The van der Waals surface area contributed by atoms with Crippen molar-refractivity contribution in [2.75, 3.05) is 7.11 Å². The van der Waals surface area contributed by atoms with E-state index in [1.807, 2.05) is 13.0 Å². The van der Waals surface area contributed by atoms with Crippen molar-refractivity contribution < 1.29 is 22.1 Å². The van der Waals surface area contributed by atoms with Gasteiger partial charge in [0.2, 0.25) is 0 Å². The average Bonchev–Trinajstić information content (AvgIpc) is 2.59. The highest BCUT2D eigenvalue weighted by atomic mass is 32.2. The van der Waals surface area contributed by atoms with E-state index in [-0.39, 0.29) is 9.80 Å². The van der Waals surface area contributed by atoms with E-state index in [1.165, 1.54) is 19.2 Å². The van der Waals surface area contributed by atoms with Gasteiger partial charge in [0.15, 0.2) is 0 Å². The third-order valence-corrected chi connectivity index (χ3v) is 5.14. The number of ether oxygens (including phenoxy) is 1. The Morgan fingerprint density at radius 2 is 1.67 bits per heavy atom. The van der Waals surface area contributed by atoms with Gasteiger partial charge in [-0.25, -0.2) is 4.79 Å². The summed E-state index contributed by atoms with van der Waals surface area (Å²) in [5, 5.41) is 0. The number of hydrogen-bond donors (Lipinski definition) is 0. The maximum Gasteiger partial charge on any atom is 0.347 e. The number of carbonyl (C=O) groups excluding carboxylic acids is 1. The molecule has 0 aliphatic heterocycles. The van der Waals surface area contributed by atoms with E-state index in [4.69, 9.17) is 4.18 Å². The van der Waals surface area contributed by atoms with Crippen LogP contribution in [0, 0.1) is 6.92 Å². The molecular formula is C17H16O5S2. The molecular weight excluding hydrogens is 348 g/mol. The molecule has 0 aliphatic carbocycles. The second-order valence-corrected chi connectivity index (χ2v) is 7.44. The van der Waals surface area contributed by atoms with Crippen LogP contribution in [0.15, 0.2) is 75.6 Å². The van der Waals surface area contributed by atoms with Crippen LogP contribution >= 0.6 is 11.8 Å². The quantitative estimate of drug-likeness (QED) is 0.257. The lowest BCUT2D eigenvalue weighted by atomic mass is 10.2. The Balaban J connectivity index is 2.23. The number of rotatable bonds is 6. The molecule has 2 rings (SSSR count). The molecule has 0 fully saturated rings. The second kappa shape index (κ2) is 8.03. The predicted octanol–water partition coefficient (Wildman–Crippen LogP) is 3.51. The molecule has 0 radical (unpaired) electrons. The lowest BCUT2D eigenvalue weighted by Crippen LogP contribution is -2.06. The van der Waals surface area contributed by atoms with E-state index in [1.54, 1.807) is 36.4 Å². The number of benzene rings is 2. The third kappa shape index (κ3) is 4.87. The van der Waals surface area contributed by atoms with Gasteiger partial charge in [-0.15, -0.1) is 0 Å². The minimum atomic E-state index is -4.00. The number of methoxy groups -OCH3 is 1. The molecule has 7 heteroatoms. The number of carbonyl (C=O) groups is 1. The molecule has 0 bridgehead atoms. The van der Waals surface area contributed by atoms with Crippen molar-refractivity contribution >= 4 is 27.8 Å². The molecule has 0 unspecified atom stereocenters. The molecule has 126 valence electrons. The SMILES string of the molecule is COC(=O)/C(=C\OS(=O)(=O)c1ccc(C)cc1)Sc1ccccc1. The van der Waals surface area contributed by atoms with Crippen molar-refractivity contribution in [1.29, 1.82) is 0 Å². The Hall–Kier alpha value is -2.25. The van der Waals surface area contributed by atoms with Gasteiger partial charge in [-0.1, -0.05) is 47.7 Å². The first-order valence-electron chi connectivity index (χ1n) is 6.94. The molecule has 0 saturated heterocycles.